The highest BCUT2D eigenvalue weighted by molar-refractivity contribution is 5.75. The molecule has 0 saturated carbocycles. The number of carbonyl (C=O) groups excluding carboxylic acids is 1. The van der Waals surface area contributed by atoms with Crippen molar-refractivity contribution in [3.8, 4) is 5.88 Å². The van der Waals surface area contributed by atoms with Gasteiger partial charge in [0.15, 0.2) is 0 Å². The van der Waals surface area contributed by atoms with Crippen molar-refractivity contribution in [3.63, 3.8) is 0 Å². The van der Waals surface area contributed by atoms with Crippen molar-refractivity contribution in [3.05, 3.63) is 23.9 Å². The van der Waals surface area contributed by atoms with E-state index in [4.69, 9.17) is 4.74 Å². The van der Waals surface area contributed by atoms with Gasteiger partial charge in [0.25, 0.3) is 0 Å². The number of hydrogen-bond donors (Lipinski definition) is 1. The van der Waals surface area contributed by atoms with E-state index in [0.717, 1.165) is 31.2 Å². The van der Waals surface area contributed by atoms with Gasteiger partial charge in [-0.1, -0.05) is 13.8 Å². The van der Waals surface area contributed by atoms with Gasteiger partial charge < -0.3 is 15.0 Å². The standard InChI is InChI=1S/C15H20F3N3O2/c1-3-11(4-2)20-14(22)21-8-12(9-21)23-13-7-10(5-6-19-13)15(16,17)18/h5-7,11-12H,3-4,8-9H2,1-2H3,(H,20,22). The van der Waals surface area contributed by atoms with Crippen molar-refractivity contribution >= 4 is 6.03 Å². The summed E-state index contributed by atoms with van der Waals surface area (Å²) in [6.45, 7) is 4.67. The number of nitrogens with one attached hydrogen (secondary N) is 1. The van der Waals surface area contributed by atoms with Crippen LogP contribution in [0.25, 0.3) is 0 Å². The third kappa shape index (κ3) is 4.49. The first-order valence-electron chi connectivity index (χ1n) is 7.58. The van der Waals surface area contributed by atoms with E-state index in [1.54, 1.807) is 4.90 Å². The average molecular weight is 331 g/mol. The Bertz CT molecular complexity index is 541. The molecule has 0 spiro atoms. The Balaban J connectivity index is 1.83. The molecule has 1 fully saturated rings. The van der Waals surface area contributed by atoms with Crippen LogP contribution in [0.5, 0.6) is 5.88 Å². The van der Waals surface area contributed by atoms with Crippen molar-refractivity contribution in [1.82, 2.24) is 15.2 Å². The van der Waals surface area contributed by atoms with E-state index in [1.807, 2.05) is 13.8 Å². The molecule has 0 radical (unpaired) electrons. The number of likely N-dealkylation sites (tertiary alicyclic amines) is 1. The first kappa shape index (κ1) is 17.4. The molecule has 0 bridgehead atoms. The van der Waals surface area contributed by atoms with Crippen LogP contribution in [0.3, 0.4) is 0 Å². The zero-order valence-electron chi connectivity index (χ0n) is 13.1. The normalized spacial score (nSPS) is 15.5. The molecule has 1 aliphatic heterocycles. The Labute approximate surface area is 132 Å². The summed E-state index contributed by atoms with van der Waals surface area (Å²) < 4.78 is 43.2. The lowest BCUT2D eigenvalue weighted by Crippen LogP contribution is -2.60. The molecule has 0 aliphatic carbocycles. The molecule has 0 aromatic carbocycles. The molecule has 2 heterocycles. The van der Waals surface area contributed by atoms with E-state index < -0.39 is 11.7 Å². The number of halogens is 3. The molecule has 23 heavy (non-hydrogen) atoms. The lowest BCUT2D eigenvalue weighted by molar-refractivity contribution is -0.137. The van der Waals surface area contributed by atoms with E-state index in [9.17, 15) is 18.0 Å². The van der Waals surface area contributed by atoms with E-state index in [-0.39, 0.29) is 24.1 Å². The van der Waals surface area contributed by atoms with Crippen LogP contribution in [0.4, 0.5) is 18.0 Å². The largest absolute Gasteiger partial charge is 0.471 e. The zero-order chi connectivity index (χ0) is 17.0. The van der Waals surface area contributed by atoms with Gasteiger partial charge in [0.05, 0.1) is 18.7 Å². The van der Waals surface area contributed by atoms with Crippen molar-refractivity contribution in [2.75, 3.05) is 13.1 Å². The second kappa shape index (κ2) is 7.06. The number of urea groups is 1. The van der Waals surface area contributed by atoms with Crippen molar-refractivity contribution in [1.29, 1.82) is 0 Å². The Morgan fingerprint density at radius 1 is 1.43 bits per heavy atom. The lowest BCUT2D eigenvalue weighted by atomic mass is 10.1. The predicted octanol–water partition coefficient (Wildman–Crippen LogP) is 3.06. The molecule has 5 nitrogen and oxygen atoms in total. The van der Waals surface area contributed by atoms with Crippen LogP contribution in [0, 0.1) is 0 Å². The molecule has 8 heteroatoms. The monoisotopic (exact) mass is 331 g/mol. The molecule has 1 aromatic heterocycles. The Morgan fingerprint density at radius 3 is 2.65 bits per heavy atom. The zero-order valence-corrected chi connectivity index (χ0v) is 13.1. The van der Waals surface area contributed by atoms with Gasteiger partial charge in [-0.25, -0.2) is 9.78 Å². The summed E-state index contributed by atoms with van der Waals surface area (Å²) in [5, 5.41) is 2.90. The van der Waals surface area contributed by atoms with Gasteiger partial charge in [-0.3, -0.25) is 0 Å². The molecule has 128 valence electrons. The van der Waals surface area contributed by atoms with Gasteiger partial charge in [0.2, 0.25) is 5.88 Å². The number of pyridine rings is 1. The van der Waals surface area contributed by atoms with Gasteiger partial charge >= 0.3 is 12.2 Å². The van der Waals surface area contributed by atoms with Gasteiger partial charge in [-0.05, 0) is 18.9 Å². The SMILES string of the molecule is CCC(CC)NC(=O)N1CC(Oc2cc(C(F)(F)F)ccn2)C1. The fourth-order valence-electron chi connectivity index (χ4n) is 2.26. The van der Waals surface area contributed by atoms with Crippen molar-refractivity contribution in [2.45, 2.75) is 45.0 Å². The molecule has 0 atom stereocenters. The summed E-state index contributed by atoms with van der Waals surface area (Å²) in [5.41, 5.74) is -0.801. The number of nitrogens with zero attached hydrogens (tertiary/aromatic N) is 2. The number of rotatable bonds is 5. The summed E-state index contributed by atoms with van der Waals surface area (Å²) in [4.78, 5) is 17.3. The lowest BCUT2D eigenvalue weighted by Gasteiger charge is -2.39. The average Bonchev–Trinajstić information content (AvgIpc) is 2.47. The maximum atomic E-state index is 12.6. The molecule has 1 aromatic rings. The third-order valence-electron chi connectivity index (χ3n) is 3.80. The number of ether oxygens (including phenoxy) is 1. The number of carbonyl (C=O) groups is 1. The fraction of sp³-hybridized carbons (Fsp3) is 0.600. The van der Waals surface area contributed by atoms with Crippen LogP contribution in [0.1, 0.15) is 32.3 Å². The van der Waals surface area contributed by atoms with Crippen LogP contribution < -0.4 is 10.1 Å². The summed E-state index contributed by atoms with van der Waals surface area (Å²) >= 11 is 0. The second-order valence-electron chi connectivity index (χ2n) is 5.49. The summed E-state index contributed by atoms with van der Waals surface area (Å²) in [5.74, 6) is -0.0788. The minimum Gasteiger partial charge on any atom is -0.471 e. The van der Waals surface area contributed by atoms with E-state index in [1.165, 1.54) is 0 Å². The molecule has 1 saturated heterocycles. The van der Waals surface area contributed by atoms with Crippen molar-refractivity contribution < 1.29 is 22.7 Å². The van der Waals surface area contributed by atoms with E-state index in [0.29, 0.717) is 13.1 Å². The highest BCUT2D eigenvalue weighted by Gasteiger charge is 2.34. The number of amides is 2. The van der Waals surface area contributed by atoms with Crippen molar-refractivity contribution in [2.24, 2.45) is 0 Å². The smallest absolute Gasteiger partial charge is 0.416 e. The molecule has 1 aliphatic rings. The van der Waals surface area contributed by atoms with Gasteiger partial charge in [-0.15, -0.1) is 0 Å². The first-order valence-corrected chi connectivity index (χ1v) is 7.58. The number of alkyl halides is 3. The fourth-order valence-corrected chi connectivity index (χ4v) is 2.26. The molecular weight excluding hydrogens is 311 g/mol. The maximum Gasteiger partial charge on any atom is 0.416 e. The van der Waals surface area contributed by atoms with Crippen LogP contribution in [0.2, 0.25) is 0 Å². The molecular formula is C15H20F3N3O2. The van der Waals surface area contributed by atoms with Crippen LogP contribution in [-0.2, 0) is 6.18 Å². The van der Waals surface area contributed by atoms with Gasteiger partial charge in [-0.2, -0.15) is 13.2 Å². The minimum atomic E-state index is -4.43. The summed E-state index contributed by atoms with van der Waals surface area (Å²) in [7, 11) is 0. The van der Waals surface area contributed by atoms with E-state index in [2.05, 4.69) is 10.3 Å². The van der Waals surface area contributed by atoms with Crippen LogP contribution >= 0.6 is 0 Å². The maximum absolute atomic E-state index is 12.6. The van der Waals surface area contributed by atoms with Gasteiger partial charge in [0, 0.05) is 18.3 Å². The molecule has 1 N–H and O–H groups in total. The highest BCUT2D eigenvalue weighted by Crippen LogP contribution is 2.30. The molecule has 0 unspecified atom stereocenters. The quantitative estimate of drug-likeness (QED) is 0.902. The Morgan fingerprint density at radius 2 is 2.09 bits per heavy atom. The number of hydrogen-bond acceptors (Lipinski definition) is 3. The summed E-state index contributed by atoms with van der Waals surface area (Å²) in [6.07, 6.45) is -2.00. The summed E-state index contributed by atoms with van der Waals surface area (Å²) in [6, 6.07) is 1.72. The Hall–Kier alpha value is -1.99. The second-order valence-corrected chi connectivity index (χ2v) is 5.49. The highest BCUT2D eigenvalue weighted by atomic mass is 19.4. The molecule has 2 amide bonds. The predicted molar refractivity (Wildman–Crippen MR) is 78.1 cm³/mol. The van der Waals surface area contributed by atoms with E-state index >= 15 is 0 Å². The minimum absolute atomic E-state index is 0.0788. The van der Waals surface area contributed by atoms with Crippen LogP contribution in [0.15, 0.2) is 18.3 Å². The van der Waals surface area contributed by atoms with Gasteiger partial charge in [0.1, 0.15) is 6.10 Å². The Kier molecular flexibility index (Phi) is 5.33. The van der Waals surface area contributed by atoms with Crippen LogP contribution in [-0.4, -0.2) is 41.2 Å². The number of aromatic nitrogens is 1. The molecule has 2 rings (SSSR count). The first-order chi connectivity index (χ1) is 10.8. The topological polar surface area (TPSA) is 54.5 Å². The third-order valence-corrected chi connectivity index (χ3v) is 3.80.